The number of pyridine rings is 1. The first-order chi connectivity index (χ1) is 14.5. The van der Waals surface area contributed by atoms with E-state index in [2.05, 4.69) is 31.1 Å². The molecule has 30 heavy (non-hydrogen) atoms. The first-order valence-electron chi connectivity index (χ1n) is 9.30. The number of alkyl halides is 2. The van der Waals surface area contributed by atoms with Crippen molar-refractivity contribution in [3.05, 3.63) is 88.5 Å². The topological polar surface area (TPSA) is 79.9 Å². The van der Waals surface area contributed by atoms with Crippen LogP contribution in [0.3, 0.4) is 0 Å². The molecule has 0 saturated carbocycles. The summed E-state index contributed by atoms with van der Waals surface area (Å²) in [7, 11) is 0. The summed E-state index contributed by atoms with van der Waals surface area (Å²) in [4.78, 5) is 22.8. The molecule has 152 valence electrons. The molecule has 0 saturated heterocycles. The van der Waals surface area contributed by atoms with Crippen LogP contribution in [0.5, 0.6) is 5.75 Å². The maximum absolute atomic E-state index is 12.2. The average molecular weight is 408 g/mol. The van der Waals surface area contributed by atoms with E-state index < -0.39 is 6.61 Å². The van der Waals surface area contributed by atoms with Gasteiger partial charge in [-0.3, -0.25) is 4.79 Å². The van der Waals surface area contributed by atoms with Crippen LogP contribution in [0, 0.1) is 0 Å². The lowest BCUT2D eigenvalue weighted by Crippen LogP contribution is -2.03. The van der Waals surface area contributed by atoms with Gasteiger partial charge in [0, 0.05) is 29.7 Å². The van der Waals surface area contributed by atoms with E-state index >= 15 is 0 Å². The van der Waals surface area contributed by atoms with Gasteiger partial charge in [-0.1, -0.05) is 6.07 Å². The fourth-order valence-electron chi connectivity index (χ4n) is 3.05. The summed E-state index contributed by atoms with van der Waals surface area (Å²) in [5.41, 5.74) is 3.52. The third-order valence-electron chi connectivity index (χ3n) is 4.53. The Morgan fingerprint density at radius 1 is 0.933 bits per heavy atom. The van der Waals surface area contributed by atoms with E-state index in [4.69, 9.17) is 0 Å². The maximum atomic E-state index is 12.2. The molecule has 0 aliphatic heterocycles. The molecule has 2 heterocycles. The van der Waals surface area contributed by atoms with Crippen LogP contribution >= 0.6 is 0 Å². The molecule has 0 fully saturated rings. The molecular formula is C22H18F2N4O2. The molecule has 0 unspecified atom stereocenters. The van der Waals surface area contributed by atoms with E-state index in [9.17, 15) is 13.6 Å². The van der Waals surface area contributed by atoms with Gasteiger partial charge in [-0.05, 0) is 71.8 Å². The lowest BCUT2D eigenvalue weighted by Gasteiger charge is -2.08. The van der Waals surface area contributed by atoms with Crippen molar-refractivity contribution < 1.29 is 13.5 Å². The fraction of sp³-hybridized carbons (Fsp3) is 0.136. The van der Waals surface area contributed by atoms with Crippen LogP contribution in [0.4, 0.5) is 20.4 Å². The monoisotopic (exact) mass is 408 g/mol. The number of benzene rings is 2. The van der Waals surface area contributed by atoms with E-state index in [-0.39, 0.29) is 11.3 Å². The van der Waals surface area contributed by atoms with E-state index in [0.29, 0.717) is 11.6 Å². The normalized spacial score (nSPS) is 11.0. The highest BCUT2D eigenvalue weighted by atomic mass is 19.3. The van der Waals surface area contributed by atoms with Crippen molar-refractivity contribution in [2.45, 2.75) is 19.5 Å². The summed E-state index contributed by atoms with van der Waals surface area (Å²) in [6, 6.07) is 15.4. The van der Waals surface area contributed by atoms with Crippen molar-refractivity contribution >= 4 is 22.5 Å². The second-order valence-electron chi connectivity index (χ2n) is 6.69. The summed E-state index contributed by atoms with van der Waals surface area (Å²) >= 11 is 0. The Morgan fingerprint density at radius 3 is 2.40 bits per heavy atom. The van der Waals surface area contributed by atoms with E-state index in [0.717, 1.165) is 34.9 Å². The minimum Gasteiger partial charge on any atom is -0.435 e. The van der Waals surface area contributed by atoms with Gasteiger partial charge in [0.15, 0.2) is 0 Å². The molecular weight excluding hydrogens is 390 g/mol. The van der Waals surface area contributed by atoms with Gasteiger partial charge in [0.25, 0.3) is 0 Å². The fourth-order valence-corrected chi connectivity index (χ4v) is 3.05. The first kappa shape index (κ1) is 19.5. The predicted octanol–water partition coefficient (Wildman–Crippen LogP) is 4.45. The molecule has 0 aliphatic rings. The number of H-pyrrole nitrogens is 1. The van der Waals surface area contributed by atoms with Crippen molar-refractivity contribution in [2.75, 3.05) is 5.32 Å². The highest BCUT2D eigenvalue weighted by Gasteiger charge is 2.05. The number of aromatic amines is 1. The van der Waals surface area contributed by atoms with Crippen molar-refractivity contribution in [3.8, 4) is 5.75 Å². The molecule has 0 radical (unpaired) electrons. The number of rotatable bonds is 7. The van der Waals surface area contributed by atoms with Gasteiger partial charge in [-0.2, -0.15) is 8.78 Å². The van der Waals surface area contributed by atoms with Crippen LogP contribution in [0.15, 0.2) is 71.8 Å². The number of nitrogens with zero attached hydrogens (tertiary/aromatic N) is 2. The highest BCUT2D eigenvalue weighted by Crippen LogP contribution is 2.20. The molecule has 4 aromatic rings. The van der Waals surface area contributed by atoms with Crippen LogP contribution in [-0.2, 0) is 12.8 Å². The van der Waals surface area contributed by atoms with E-state index in [1.165, 1.54) is 18.2 Å². The van der Waals surface area contributed by atoms with Crippen molar-refractivity contribution in [3.63, 3.8) is 0 Å². The first-order valence-corrected chi connectivity index (χ1v) is 9.30. The minimum atomic E-state index is -2.85. The Labute approximate surface area is 170 Å². The van der Waals surface area contributed by atoms with Crippen molar-refractivity contribution in [2.24, 2.45) is 0 Å². The molecule has 0 bridgehead atoms. The molecule has 2 N–H and O–H groups in total. The molecule has 0 atom stereocenters. The number of ether oxygens (including phenoxy) is 1. The minimum absolute atomic E-state index is 0.0897. The second-order valence-corrected chi connectivity index (χ2v) is 6.69. The Balaban J connectivity index is 1.35. The quantitative estimate of drug-likeness (QED) is 0.472. The van der Waals surface area contributed by atoms with Crippen LogP contribution in [-0.4, -0.2) is 21.6 Å². The SMILES string of the molecule is O=c1ccc2cc(CCc3cnc(Nc4ccc(OC(F)F)cc4)nc3)ccc2[nH]1. The van der Waals surface area contributed by atoms with Crippen LogP contribution in [0.25, 0.3) is 10.9 Å². The zero-order valence-electron chi connectivity index (χ0n) is 15.8. The number of fused-ring (bicyclic) bond motifs is 1. The number of halogens is 2. The molecule has 2 aromatic carbocycles. The molecule has 0 spiro atoms. The summed E-state index contributed by atoms with van der Waals surface area (Å²) in [5, 5.41) is 4.01. The summed E-state index contributed by atoms with van der Waals surface area (Å²) in [5.74, 6) is 0.503. The molecule has 0 aliphatic carbocycles. The van der Waals surface area contributed by atoms with Gasteiger partial charge in [0.1, 0.15) is 5.75 Å². The zero-order valence-corrected chi connectivity index (χ0v) is 15.8. The van der Waals surface area contributed by atoms with Gasteiger partial charge in [0.2, 0.25) is 11.5 Å². The summed E-state index contributed by atoms with van der Waals surface area (Å²) < 4.78 is 28.7. The van der Waals surface area contributed by atoms with E-state index in [1.807, 2.05) is 18.2 Å². The van der Waals surface area contributed by atoms with Gasteiger partial charge < -0.3 is 15.0 Å². The van der Waals surface area contributed by atoms with Gasteiger partial charge in [-0.15, -0.1) is 0 Å². The van der Waals surface area contributed by atoms with Crippen LogP contribution < -0.4 is 15.6 Å². The Bertz CT molecular complexity index is 1190. The molecule has 6 nitrogen and oxygen atoms in total. The van der Waals surface area contributed by atoms with E-state index in [1.54, 1.807) is 24.5 Å². The third kappa shape index (κ3) is 4.96. The summed E-state index contributed by atoms with van der Waals surface area (Å²) in [6.45, 7) is -2.85. The molecule has 2 aromatic heterocycles. The number of hydrogen-bond donors (Lipinski definition) is 2. The highest BCUT2D eigenvalue weighted by molar-refractivity contribution is 5.78. The number of nitrogens with one attached hydrogen (secondary N) is 2. The van der Waals surface area contributed by atoms with Crippen LogP contribution in [0.2, 0.25) is 0 Å². The molecule has 0 amide bonds. The predicted molar refractivity (Wildman–Crippen MR) is 110 cm³/mol. The number of anilines is 2. The third-order valence-corrected chi connectivity index (χ3v) is 4.53. The number of aromatic nitrogens is 3. The number of hydrogen-bond acceptors (Lipinski definition) is 5. The second kappa shape index (κ2) is 8.69. The summed E-state index contributed by atoms with van der Waals surface area (Å²) in [6.07, 6.45) is 5.09. The smallest absolute Gasteiger partial charge is 0.387 e. The van der Waals surface area contributed by atoms with Crippen LogP contribution in [0.1, 0.15) is 11.1 Å². The molecule has 8 heteroatoms. The zero-order chi connectivity index (χ0) is 20.9. The lowest BCUT2D eigenvalue weighted by atomic mass is 10.0. The maximum Gasteiger partial charge on any atom is 0.387 e. The Kier molecular flexibility index (Phi) is 5.65. The van der Waals surface area contributed by atoms with Gasteiger partial charge in [-0.25, -0.2) is 9.97 Å². The lowest BCUT2D eigenvalue weighted by molar-refractivity contribution is -0.0498. The number of aryl methyl sites for hydroxylation is 2. The van der Waals surface area contributed by atoms with Gasteiger partial charge >= 0.3 is 6.61 Å². The largest absolute Gasteiger partial charge is 0.435 e. The van der Waals surface area contributed by atoms with Crippen molar-refractivity contribution in [1.29, 1.82) is 0 Å². The van der Waals surface area contributed by atoms with Crippen molar-refractivity contribution in [1.82, 2.24) is 15.0 Å². The Hall–Kier alpha value is -3.81. The average Bonchev–Trinajstić information content (AvgIpc) is 2.74. The standard InChI is InChI=1S/C22H18F2N4O2/c23-21(24)30-18-7-5-17(6-8-18)27-22-25-12-15(13-26-22)2-1-14-3-9-19-16(11-14)4-10-20(29)28-19/h3-13,21H,1-2H2,(H,28,29)(H,25,26,27). The Morgan fingerprint density at radius 2 is 1.67 bits per heavy atom. The van der Waals surface area contributed by atoms with Gasteiger partial charge in [0.05, 0.1) is 0 Å². The molecule has 4 rings (SSSR count).